The molecule has 0 atom stereocenters. The molecule has 0 heterocycles. The number of alkyl halides is 2. The number of benzene rings is 1. The fourth-order valence-electron chi connectivity index (χ4n) is 1.64. The van der Waals surface area contributed by atoms with E-state index in [-0.39, 0.29) is 11.7 Å². The fraction of sp³-hybridized carbons (Fsp3) is 0.462. The molecule has 106 valence electrons. The summed E-state index contributed by atoms with van der Waals surface area (Å²) in [7, 11) is 1.82. The molecule has 0 aromatic heterocycles. The lowest BCUT2D eigenvalue weighted by Crippen LogP contribution is -2.34. The van der Waals surface area contributed by atoms with Gasteiger partial charge in [-0.25, -0.2) is 0 Å². The zero-order valence-electron chi connectivity index (χ0n) is 11.0. The molecule has 0 aliphatic heterocycles. The summed E-state index contributed by atoms with van der Waals surface area (Å²) in [6, 6.07) is 6.38. The fourth-order valence-corrected chi connectivity index (χ4v) is 1.64. The molecule has 0 aliphatic carbocycles. The van der Waals surface area contributed by atoms with Crippen LogP contribution in [-0.4, -0.2) is 37.6 Å². The molecule has 1 aromatic carbocycles. The summed E-state index contributed by atoms with van der Waals surface area (Å²) in [5.41, 5.74) is 0.924. The average Bonchev–Trinajstić information content (AvgIpc) is 2.31. The largest absolute Gasteiger partial charge is 0.435 e. The van der Waals surface area contributed by atoms with Crippen molar-refractivity contribution in [2.45, 2.75) is 20.1 Å². The first kappa shape index (κ1) is 15.4. The molecule has 0 unspecified atom stereocenters. The van der Waals surface area contributed by atoms with Crippen LogP contribution < -0.4 is 10.1 Å². The van der Waals surface area contributed by atoms with Gasteiger partial charge in [0, 0.05) is 13.1 Å². The Hall–Kier alpha value is -1.69. The number of halogens is 2. The lowest BCUT2D eigenvalue weighted by Gasteiger charge is -2.16. The normalized spacial score (nSPS) is 10.8. The van der Waals surface area contributed by atoms with Crippen LogP contribution in [0, 0.1) is 0 Å². The van der Waals surface area contributed by atoms with Crippen LogP contribution in [0.25, 0.3) is 0 Å². The third-order valence-electron chi connectivity index (χ3n) is 2.39. The van der Waals surface area contributed by atoms with E-state index in [9.17, 15) is 13.6 Å². The van der Waals surface area contributed by atoms with Crippen molar-refractivity contribution < 1.29 is 18.3 Å². The van der Waals surface area contributed by atoms with Crippen molar-refractivity contribution in [3.8, 4) is 5.75 Å². The van der Waals surface area contributed by atoms with Gasteiger partial charge in [-0.15, -0.1) is 0 Å². The molecule has 0 aliphatic rings. The van der Waals surface area contributed by atoms with Gasteiger partial charge >= 0.3 is 6.61 Å². The quantitative estimate of drug-likeness (QED) is 0.823. The lowest BCUT2D eigenvalue weighted by molar-refractivity contribution is -0.121. The highest BCUT2D eigenvalue weighted by molar-refractivity contribution is 5.77. The van der Waals surface area contributed by atoms with E-state index in [1.165, 1.54) is 12.1 Å². The van der Waals surface area contributed by atoms with E-state index in [4.69, 9.17) is 0 Å². The second kappa shape index (κ2) is 7.68. The van der Waals surface area contributed by atoms with Gasteiger partial charge in [0.15, 0.2) is 0 Å². The summed E-state index contributed by atoms with van der Waals surface area (Å²) in [5, 5.41) is 2.71. The van der Waals surface area contributed by atoms with Crippen LogP contribution in [0.4, 0.5) is 8.78 Å². The Morgan fingerprint density at radius 1 is 1.37 bits per heavy atom. The molecule has 0 spiro atoms. The number of ether oxygens (including phenoxy) is 1. The Morgan fingerprint density at radius 3 is 2.53 bits per heavy atom. The Morgan fingerprint density at radius 2 is 2.00 bits per heavy atom. The second-order valence-corrected chi connectivity index (χ2v) is 4.15. The number of nitrogens with zero attached hydrogens (tertiary/aromatic N) is 1. The topological polar surface area (TPSA) is 41.6 Å². The maximum Gasteiger partial charge on any atom is 0.387 e. The van der Waals surface area contributed by atoms with E-state index in [0.29, 0.717) is 19.6 Å². The summed E-state index contributed by atoms with van der Waals surface area (Å²) in [6.07, 6.45) is 0. The third kappa shape index (κ3) is 6.15. The SMILES string of the molecule is CCNC(=O)CN(C)Cc1ccc(OC(F)F)cc1. The van der Waals surface area contributed by atoms with Crippen molar-refractivity contribution in [2.75, 3.05) is 20.1 Å². The first-order valence-electron chi connectivity index (χ1n) is 6.00. The molecule has 1 aromatic rings. The standard InChI is InChI=1S/C13H18F2N2O2/c1-3-16-12(18)9-17(2)8-10-4-6-11(7-5-10)19-13(14)15/h4-7,13H,3,8-9H2,1-2H3,(H,16,18). The summed E-state index contributed by atoms with van der Waals surface area (Å²) in [6.45, 7) is 0.507. The van der Waals surface area contributed by atoms with E-state index < -0.39 is 6.61 Å². The number of amides is 1. The zero-order valence-corrected chi connectivity index (χ0v) is 11.0. The van der Waals surface area contributed by atoms with Gasteiger partial charge in [0.05, 0.1) is 6.54 Å². The average molecular weight is 272 g/mol. The van der Waals surface area contributed by atoms with E-state index in [1.54, 1.807) is 12.1 Å². The molecule has 1 amide bonds. The molecule has 4 nitrogen and oxygen atoms in total. The van der Waals surface area contributed by atoms with E-state index in [1.807, 2.05) is 18.9 Å². The molecule has 0 bridgehead atoms. The van der Waals surface area contributed by atoms with Crippen LogP contribution in [0.3, 0.4) is 0 Å². The molecule has 0 radical (unpaired) electrons. The van der Waals surface area contributed by atoms with Gasteiger partial charge in [-0.05, 0) is 31.7 Å². The first-order valence-corrected chi connectivity index (χ1v) is 6.00. The highest BCUT2D eigenvalue weighted by Gasteiger charge is 2.07. The van der Waals surface area contributed by atoms with Crippen molar-refractivity contribution >= 4 is 5.91 Å². The van der Waals surface area contributed by atoms with Crippen LogP contribution in [0.5, 0.6) is 5.75 Å². The number of hydrogen-bond donors (Lipinski definition) is 1. The van der Waals surface area contributed by atoms with Crippen molar-refractivity contribution in [1.29, 1.82) is 0 Å². The highest BCUT2D eigenvalue weighted by atomic mass is 19.3. The lowest BCUT2D eigenvalue weighted by atomic mass is 10.2. The number of carbonyl (C=O) groups excluding carboxylic acids is 1. The van der Waals surface area contributed by atoms with Crippen LogP contribution in [0.1, 0.15) is 12.5 Å². The van der Waals surface area contributed by atoms with Crippen molar-refractivity contribution in [3.63, 3.8) is 0 Å². The molecule has 0 saturated heterocycles. The maximum atomic E-state index is 12.0. The van der Waals surface area contributed by atoms with E-state index in [2.05, 4.69) is 10.1 Å². The highest BCUT2D eigenvalue weighted by Crippen LogP contribution is 2.15. The van der Waals surface area contributed by atoms with Crippen LogP contribution >= 0.6 is 0 Å². The molecule has 1 N–H and O–H groups in total. The van der Waals surface area contributed by atoms with Crippen molar-refractivity contribution in [1.82, 2.24) is 10.2 Å². The van der Waals surface area contributed by atoms with Gasteiger partial charge in [-0.1, -0.05) is 12.1 Å². The minimum Gasteiger partial charge on any atom is -0.435 e. The smallest absolute Gasteiger partial charge is 0.387 e. The molecule has 1 rings (SSSR count). The number of nitrogens with one attached hydrogen (secondary N) is 1. The van der Waals surface area contributed by atoms with Gasteiger partial charge in [0.1, 0.15) is 5.75 Å². The number of rotatable bonds is 7. The molecular formula is C13H18F2N2O2. The van der Waals surface area contributed by atoms with E-state index >= 15 is 0 Å². The van der Waals surface area contributed by atoms with Crippen molar-refractivity contribution in [3.05, 3.63) is 29.8 Å². The maximum absolute atomic E-state index is 12.0. The Balaban J connectivity index is 2.46. The summed E-state index contributed by atoms with van der Waals surface area (Å²) >= 11 is 0. The predicted molar refractivity (Wildman–Crippen MR) is 68.1 cm³/mol. The van der Waals surface area contributed by atoms with Gasteiger partial charge in [0.2, 0.25) is 5.91 Å². The van der Waals surface area contributed by atoms with Crippen LogP contribution in [0.2, 0.25) is 0 Å². The summed E-state index contributed by atoms with van der Waals surface area (Å²) < 4.78 is 28.2. The van der Waals surface area contributed by atoms with Crippen LogP contribution in [0.15, 0.2) is 24.3 Å². The Kier molecular flexibility index (Phi) is 6.21. The molecular weight excluding hydrogens is 254 g/mol. The van der Waals surface area contributed by atoms with Gasteiger partial charge in [-0.2, -0.15) is 8.78 Å². The monoisotopic (exact) mass is 272 g/mol. The molecule has 19 heavy (non-hydrogen) atoms. The zero-order chi connectivity index (χ0) is 14.3. The number of hydrogen-bond acceptors (Lipinski definition) is 3. The summed E-state index contributed by atoms with van der Waals surface area (Å²) in [4.78, 5) is 13.2. The number of likely N-dealkylation sites (N-methyl/N-ethyl adjacent to an activating group) is 2. The second-order valence-electron chi connectivity index (χ2n) is 4.15. The number of carbonyl (C=O) groups is 1. The van der Waals surface area contributed by atoms with E-state index in [0.717, 1.165) is 5.56 Å². The molecule has 0 saturated carbocycles. The van der Waals surface area contributed by atoms with Crippen LogP contribution in [-0.2, 0) is 11.3 Å². The predicted octanol–water partition coefficient (Wildman–Crippen LogP) is 1.86. The minimum absolute atomic E-state index is 0.0392. The van der Waals surface area contributed by atoms with Crippen molar-refractivity contribution in [2.24, 2.45) is 0 Å². The molecule has 6 heteroatoms. The Labute approximate surface area is 111 Å². The first-order chi connectivity index (χ1) is 9.01. The minimum atomic E-state index is -2.81. The third-order valence-corrected chi connectivity index (χ3v) is 2.39. The van der Waals surface area contributed by atoms with Gasteiger partial charge in [0.25, 0.3) is 0 Å². The Bertz CT molecular complexity index is 396. The van der Waals surface area contributed by atoms with Gasteiger partial charge < -0.3 is 10.1 Å². The summed E-state index contributed by atoms with van der Waals surface area (Å²) in [5.74, 6) is 0.0905. The van der Waals surface area contributed by atoms with Gasteiger partial charge in [-0.3, -0.25) is 9.69 Å². The molecule has 0 fully saturated rings.